The van der Waals surface area contributed by atoms with Crippen LogP contribution in [0.25, 0.3) is 0 Å². The molecule has 2 aromatic rings. The molecule has 0 radical (unpaired) electrons. The molecule has 3 nitrogen and oxygen atoms in total. The molecule has 0 fully saturated rings. The maximum Gasteiger partial charge on any atom is 0.126 e. The van der Waals surface area contributed by atoms with E-state index in [0.29, 0.717) is 5.75 Å². The van der Waals surface area contributed by atoms with E-state index in [2.05, 4.69) is 0 Å². The summed E-state index contributed by atoms with van der Waals surface area (Å²) in [5, 5.41) is 0. The minimum atomic E-state index is -0.304. The first-order valence-electron chi connectivity index (χ1n) is 7.02. The van der Waals surface area contributed by atoms with Gasteiger partial charge in [-0.15, -0.1) is 0 Å². The van der Waals surface area contributed by atoms with E-state index in [1.165, 1.54) is 17.7 Å². The number of fused-ring (bicyclic) bond motifs is 1. The molecule has 0 aliphatic heterocycles. The lowest BCUT2D eigenvalue weighted by Gasteiger charge is -2.31. The molecule has 0 bridgehead atoms. The number of rotatable bonds is 3. The third-order valence-corrected chi connectivity index (χ3v) is 3.89. The average Bonchev–Trinajstić information content (AvgIpc) is 2.50. The second-order valence-corrected chi connectivity index (χ2v) is 5.24. The van der Waals surface area contributed by atoms with Gasteiger partial charge in [-0.3, -0.25) is 0 Å². The van der Waals surface area contributed by atoms with Crippen molar-refractivity contribution in [3.8, 4) is 11.5 Å². The van der Waals surface area contributed by atoms with E-state index in [1.807, 2.05) is 18.2 Å². The Morgan fingerprint density at radius 3 is 2.76 bits per heavy atom. The Bertz CT molecular complexity index is 644. The van der Waals surface area contributed by atoms with Crippen molar-refractivity contribution < 1.29 is 13.9 Å². The molecular formula is C17H18FNO2. The summed E-state index contributed by atoms with van der Waals surface area (Å²) in [6, 6.07) is 11.9. The second kappa shape index (κ2) is 5.74. The normalized spacial score (nSPS) is 20.7. The number of aryl methyl sites for hydroxylation is 1. The molecular weight excluding hydrogens is 269 g/mol. The van der Waals surface area contributed by atoms with Crippen LogP contribution in [-0.4, -0.2) is 13.2 Å². The Balaban J connectivity index is 1.80. The zero-order chi connectivity index (χ0) is 14.8. The van der Waals surface area contributed by atoms with E-state index >= 15 is 0 Å². The summed E-state index contributed by atoms with van der Waals surface area (Å²) in [5.74, 6) is 1.06. The van der Waals surface area contributed by atoms with Crippen LogP contribution in [0.4, 0.5) is 4.39 Å². The van der Waals surface area contributed by atoms with Crippen molar-refractivity contribution in [3.05, 3.63) is 59.4 Å². The monoisotopic (exact) mass is 287 g/mol. The first-order chi connectivity index (χ1) is 10.2. The summed E-state index contributed by atoms with van der Waals surface area (Å²) in [5.41, 5.74) is 8.58. The fourth-order valence-corrected chi connectivity index (χ4v) is 2.78. The van der Waals surface area contributed by atoms with Gasteiger partial charge in [0.1, 0.15) is 23.4 Å². The number of ether oxygens (including phenoxy) is 2. The van der Waals surface area contributed by atoms with Crippen molar-refractivity contribution in [1.29, 1.82) is 0 Å². The predicted molar refractivity (Wildman–Crippen MR) is 79.1 cm³/mol. The van der Waals surface area contributed by atoms with Gasteiger partial charge in [-0.25, -0.2) is 4.39 Å². The summed E-state index contributed by atoms with van der Waals surface area (Å²) in [7, 11) is 1.65. The maximum absolute atomic E-state index is 13.2. The van der Waals surface area contributed by atoms with Crippen LogP contribution in [0.15, 0.2) is 42.5 Å². The molecule has 2 atom stereocenters. The van der Waals surface area contributed by atoms with E-state index in [-0.39, 0.29) is 18.0 Å². The highest BCUT2D eigenvalue weighted by Crippen LogP contribution is 2.33. The summed E-state index contributed by atoms with van der Waals surface area (Å²) in [6.45, 7) is 0. The Morgan fingerprint density at radius 1 is 1.14 bits per heavy atom. The van der Waals surface area contributed by atoms with Crippen LogP contribution in [0.3, 0.4) is 0 Å². The minimum Gasteiger partial charge on any atom is -0.497 e. The molecule has 0 aromatic heterocycles. The van der Waals surface area contributed by atoms with Crippen LogP contribution in [0.5, 0.6) is 11.5 Å². The Labute approximate surface area is 123 Å². The van der Waals surface area contributed by atoms with E-state index in [1.54, 1.807) is 19.2 Å². The standard InChI is InChI=1S/C17H18FNO2/c1-20-13-6-7-15-11(9-13)5-8-16(17(15)19)21-14-4-2-3-12(18)10-14/h2-4,6-7,9-10,16-17H,5,8,19H2,1H3. The molecule has 2 N–H and O–H groups in total. The van der Waals surface area contributed by atoms with E-state index in [4.69, 9.17) is 15.2 Å². The van der Waals surface area contributed by atoms with Gasteiger partial charge < -0.3 is 15.2 Å². The van der Waals surface area contributed by atoms with E-state index in [0.717, 1.165) is 24.2 Å². The van der Waals surface area contributed by atoms with Gasteiger partial charge in [-0.05, 0) is 48.2 Å². The van der Waals surface area contributed by atoms with Crippen LogP contribution in [-0.2, 0) is 6.42 Å². The summed E-state index contributed by atoms with van der Waals surface area (Å²) in [6.07, 6.45) is 1.53. The van der Waals surface area contributed by atoms with E-state index < -0.39 is 0 Å². The fourth-order valence-electron chi connectivity index (χ4n) is 2.78. The second-order valence-electron chi connectivity index (χ2n) is 5.24. The molecule has 2 unspecified atom stereocenters. The van der Waals surface area contributed by atoms with Gasteiger partial charge in [-0.2, -0.15) is 0 Å². The van der Waals surface area contributed by atoms with Crippen molar-refractivity contribution in [2.24, 2.45) is 5.73 Å². The summed E-state index contributed by atoms with van der Waals surface area (Å²) >= 11 is 0. The molecule has 0 spiro atoms. The zero-order valence-corrected chi connectivity index (χ0v) is 11.9. The molecule has 0 saturated heterocycles. The van der Waals surface area contributed by atoms with Crippen LogP contribution < -0.4 is 15.2 Å². The number of halogens is 1. The van der Waals surface area contributed by atoms with Gasteiger partial charge in [0.25, 0.3) is 0 Å². The van der Waals surface area contributed by atoms with Gasteiger partial charge in [0.05, 0.1) is 13.2 Å². The summed E-state index contributed by atoms with van der Waals surface area (Å²) in [4.78, 5) is 0. The predicted octanol–water partition coefficient (Wildman–Crippen LogP) is 3.23. The Hall–Kier alpha value is -2.07. The van der Waals surface area contributed by atoms with Crippen molar-refractivity contribution in [2.75, 3.05) is 7.11 Å². The van der Waals surface area contributed by atoms with Crippen molar-refractivity contribution in [2.45, 2.75) is 25.0 Å². The largest absolute Gasteiger partial charge is 0.497 e. The first kappa shape index (κ1) is 13.9. The molecule has 21 heavy (non-hydrogen) atoms. The number of methoxy groups -OCH3 is 1. The molecule has 3 rings (SSSR count). The molecule has 0 saturated carbocycles. The van der Waals surface area contributed by atoms with Crippen molar-refractivity contribution in [1.82, 2.24) is 0 Å². The van der Waals surface area contributed by atoms with Crippen molar-refractivity contribution in [3.63, 3.8) is 0 Å². The number of hydrogen-bond acceptors (Lipinski definition) is 3. The number of benzene rings is 2. The van der Waals surface area contributed by atoms with Gasteiger partial charge in [0.15, 0.2) is 0 Å². The topological polar surface area (TPSA) is 44.5 Å². The van der Waals surface area contributed by atoms with Gasteiger partial charge in [0.2, 0.25) is 0 Å². The highest BCUT2D eigenvalue weighted by Gasteiger charge is 2.28. The molecule has 0 amide bonds. The van der Waals surface area contributed by atoms with Crippen LogP contribution >= 0.6 is 0 Å². The average molecular weight is 287 g/mol. The lowest BCUT2D eigenvalue weighted by molar-refractivity contribution is 0.153. The number of nitrogens with two attached hydrogens (primary N) is 1. The molecule has 4 heteroatoms. The molecule has 0 heterocycles. The molecule has 1 aliphatic rings. The quantitative estimate of drug-likeness (QED) is 0.942. The highest BCUT2D eigenvalue weighted by atomic mass is 19.1. The Kier molecular flexibility index (Phi) is 3.80. The SMILES string of the molecule is COc1ccc2c(c1)CCC(Oc1cccc(F)c1)C2N. The first-order valence-corrected chi connectivity index (χ1v) is 7.02. The highest BCUT2D eigenvalue weighted by molar-refractivity contribution is 5.40. The third-order valence-electron chi connectivity index (χ3n) is 3.89. The van der Waals surface area contributed by atoms with Gasteiger partial charge >= 0.3 is 0 Å². The molecule has 2 aromatic carbocycles. The summed E-state index contributed by atoms with van der Waals surface area (Å²) < 4.78 is 24.3. The van der Waals surface area contributed by atoms with Crippen LogP contribution in [0, 0.1) is 5.82 Å². The number of hydrogen-bond donors (Lipinski definition) is 1. The minimum absolute atomic E-state index is 0.146. The molecule has 1 aliphatic carbocycles. The van der Waals surface area contributed by atoms with Crippen LogP contribution in [0.1, 0.15) is 23.6 Å². The lowest BCUT2D eigenvalue weighted by Crippen LogP contribution is -2.35. The fraction of sp³-hybridized carbons (Fsp3) is 0.294. The molecule has 110 valence electrons. The maximum atomic E-state index is 13.2. The third kappa shape index (κ3) is 2.85. The van der Waals surface area contributed by atoms with Crippen LogP contribution in [0.2, 0.25) is 0 Å². The Morgan fingerprint density at radius 2 is 2.00 bits per heavy atom. The van der Waals surface area contributed by atoms with Gasteiger partial charge in [0, 0.05) is 6.07 Å². The van der Waals surface area contributed by atoms with E-state index in [9.17, 15) is 4.39 Å². The van der Waals surface area contributed by atoms with Gasteiger partial charge in [-0.1, -0.05) is 12.1 Å². The van der Waals surface area contributed by atoms with Crippen molar-refractivity contribution >= 4 is 0 Å². The smallest absolute Gasteiger partial charge is 0.126 e. The zero-order valence-electron chi connectivity index (χ0n) is 11.9. The lowest BCUT2D eigenvalue weighted by atomic mass is 9.86.